The Morgan fingerprint density at radius 1 is 1.11 bits per heavy atom. The Balaban J connectivity index is 1.64. The zero-order chi connectivity index (χ0) is 20.3. The summed E-state index contributed by atoms with van der Waals surface area (Å²) in [6, 6.07) is 13.1. The lowest BCUT2D eigenvalue weighted by Crippen LogP contribution is -2.24. The highest BCUT2D eigenvalue weighted by Gasteiger charge is 2.17. The van der Waals surface area contributed by atoms with Gasteiger partial charge in [-0.1, -0.05) is 5.16 Å². The van der Waals surface area contributed by atoms with Crippen LogP contribution in [0.15, 0.2) is 64.0 Å². The maximum absolute atomic E-state index is 13.0. The molecule has 9 heteroatoms. The Bertz CT molecular complexity index is 1080. The lowest BCUT2D eigenvalue weighted by atomic mass is 10.1. The molecule has 3 rings (SSSR count). The number of hydrogen-bond donors (Lipinski definition) is 1. The number of halogens is 1. The maximum Gasteiger partial charge on any atom is 0.251 e. The second-order valence-electron chi connectivity index (χ2n) is 6.18. The van der Waals surface area contributed by atoms with Crippen LogP contribution in [0.25, 0.3) is 11.3 Å². The fourth-order valence-corrected chi connectivity index (χ4v) is 3.31. The van der Waals surface area contributed by atoms with Crippen molar-refractivity contribution in [1.29, 1.82) is 0 Å². The molecular formula is C19H18FN3O4S. The number of hydrogen-bond acceptors (Lipinski definition) is 5. The van der Waals surface area contributed by atoms with E-state index < -0.39 is 10.0 Å². The number of rotatable bonds is 6. The molecule has 0 aliphatic rings. The third kappa shape index (κ3) is 4.26. The number of amides is 1. The molecule has 0 bridgehead atoms. The van der Waals surface area contributed by atoms with E-state index in [2.05, 4.69) is 10.5 Å². The van der Waals surface area contributed by atoms with E-state index >= 15 is 0 Å². The molecule has 0 saturated heterocycles. The molecule has 146 valence electrons. The van der Waals surface area contributed by atoms with Gasteiger partial charge in [-0.3, -0.25) is 4.79 Å². The van der Waals surface area contributed by atoms with Gasteiger partial charge in [0.2, 0.25) is 10.0 Å². The molecule has 0 fully saturated rings. The van der Waals surface area contributed by atoms with Gasteiger partial charge in [0.1, 0.15) is 11.5 Å². The first-order chi connectivity index (χ1) is 13.3. The van der Waals surface area contributed by atoms with E-state index in [0.29, 0.717) is 22.6 Å². The van der Waals surface area contributed by atoms with Crippen molar-refractivity contribution >= 4 is 15.9 Å². The van der Waals surface area contributed by atoms with E-state index in [4.69, 9.17) is 4.52 Å². The predicted molar refractivity (Wildman–Crippen MR) is 100 cm³/mol. The van der Waals surface area contributed by atoms with E-state index in [9.17, 15) is 17.6 Å². The normalized spacial score (nSPS) is 11.6. The molecule has 3 aromatic rings. The van der Waals surface area contributed by atoms with Crippen LogP contribution < -0.4 is 5.32 Å². The zero-order valence-electron chi connectivity index (χ0n) is 15.2. The molecule has 1 amide bonds. The van der Waals surface area contributed by atoms with Gasteiger partial charge in [0.05, 0.1) is 11.4 Å². The Morgan fingerprint density at radius 3 is 2.36 bits per heavy atom. The summed E-state index contributed by atoms with van der Waals surface area (Å²) in [5.74, 6) is -0.261. The van der Waals surface area contributed by atoms with Crippen LogP contribution in [0.3, 0.4) is 0 Å². The highest BCUT2D eigenvalue weighted by Crippen LogP contribution is 2.20. The van der Waals surface area contributed by atoms with Crippen molar-refractivity contribution in [3.8, 4) is 11.3 Å². The number of benzene rings is 2. The third-order valence-electron chi connectivity index (χ3n) is 4.01. The van der Waals surface area contributed by atoms with Crippen molar-refractivity contribution in [1.82, 2.24) is 14.8 Å². The summed E-state index contributed by atoms with van der Waals surface area (Å²) in [6.45, 7) is 0.126. The highest BCUT2D eigenvalue weighted by atomic mass is 32.2. The summed E-state index contributed by atoms with van der Waals surface area (Å²) in [4.78, 5) is 12.4. The molecule has 28 heavy (non-hydrogen) atoms. The molecule has 0 aliphatic heterocycles. The number of nitrogens with one attached hydrogen (secondary N) is 1. The molecule has 0 saturated carbocycles. The minimum Gasteiger partial charge on any atom is -0.356 e. The Hall–Kier alpha value is -3.04. The Kier molecular flexibility index (Phi) is 5.57. The van der Waals surface area contributed by atoms with Gasteiger partial charge >= 0.3 is 0 Å². The molecule has 0 aliphatic carbocycles. The minimum atomic E-state index is -3.55. The Labute approximate surface area is 161 Å². The van der Waals surface area contributed by atoms with Crippen molar-refractivity contribution in [3.05, 3.63) is 71.7 Å². The number of nitrogens with zero attached hydrogens (tertiary/aromatic N) is 2. The van der Waals surface area contributed by atoms with E-state index in [-0.39, 0.29) is 23.2 Å². The first-order valence-electron chi connectivity index (χ1n) is 8.30. The van der Waals surface area contributed by atoms with E-state index in [1.165, 1.54) is 50.5 Å². The van der Waals surface area contributed by atoms with Crippen molar-refractivity contribution in [2.24, 2.45) is 0 Å². The van der Waals surface area contributed by atoms with Gasteiger partial charge < -0.3 is 9.84 Å². The highest BCUT2D eigenvalue weighted by molar-refractivity contribution is 7.89. The topological polar surface area (TPSA) is 92.5 Å². The lowest BCUT2D eigenvalue weighted by Gasteiger charge is -2.11. The van der Waals surface area contributed by atoms with E-state index in [1.807, 2.05) is 0 Å². The average molecular weight is 403 g/mol. The molecule has 7 nitrogen and oxygen atoms in total. The molecule has 0 spiro atoms. The van der Waals surface area contributed by atoms with Gasteiger partial charge in [0.15, 0.2) is 5.76 Å². The third-order valence-corrected chi connectivity index (χ3v) is 5.84. The molecule has 1 N–H and O–H groups in total. The molecule has 2 aromatic carbocycles. The smallest absolute Gasteiger partial charge is 0.251 e. The second kappa shape index (κ2) is 7.91. The fourth-order valence-electron chi connectivity index (χ4n) is 2.41. The zero-order valence-corrected chi connectivity index (χ0v) is 16.0. The molecule has 0 atom stereocenters. The van der Waals surface area contributed by atoms with Crippen molar-refractivity contribution in [2.75, 3.05) is 14.1 Å². The van der Waals surface area contributed by atoms with Crippen LogP contribution >= 0.6 is 0 Å². The first kappa shape index (κ1) is 19.7. The lowest BCUT2D eigenvalue weighted by molar-refractivity contribution is 0.0950. The molecular weight excluding hydrogens is 385 g/mol. The number of carbonyl (C=O) groups excluding carboxylic acids is 1. The van der Waals surface area contributed by atoms with Crippen LogP contribution in [0.1, 0.15) is 16.1 Å². The monoisotopic (exact) mass is 403 g/mol. The van der Waals surface area contributed by atoms with E-state index in [0.717, 1.165) is 4.31 Å². The van der Waals surface area contributed by atoms with Crippen molar-refractivity contribution in [3.63, 3.8) is 0 Å². The molecule has 1 heterocycles. The van der Waals surface area contributed by atoms with Gasteiger partial charge in [0.25, 0.3) is 5.91 Å². The molecule has 0 radical (unpaired) electrons. The van der Waals surface area contributed by atoms with E-state index in [1.54, 1.807) is 18.2 Å². The summed E-state index contributed by atoms with van der Waals surface area (Å²) in [5, 5.41) is 6.57. The molecule has 1 aromatic heterocycles. The van der Waals surface area contributed by atoms with Crippen LogP contribution in [-0.2, 0) is 16.6 Å². The largest absolute Gasteiger partial charge is 0.356 e. The summed E-state index contributed by atoms with van der Waals surface area (Å²) >= 11 is 0. The van der Waals surface area contributed by atoms with Gasteiger partial charge in [-0.15, -0.1) is 0 Å². The van der Waals surface area contributed by atoms with Crippen LogP contribution in [0.2, 0.25) is 0 Å². The summed E-state index contributed by atoms with van der Waals surface area (Å²) in [5.41, 5.74) is 1.49. The van der Waals surface area contributed by atoms with Crippen LogP contribution in [-0.4, -0.2) is 37.9 Å². The van der Waals surface area contributed by atoms with Crippen LogP contribution in [0, 0.1) is 5.82 Å². The van der Waals surface area contributed by atoms with Crippen molar-refractivity contribution in [2.45, 2.75) is 11.4 Å². The predicted octanol–water partition coefficient (Wildman–Crippen LogP) is 2.66. The van der Waals surface area contributed by atoms with Crippen LogP contribution in [0.4, 0.5) is 4.39 Å². The standard InChI is InChI=1S/C19H18FN3O4S/c1-23(2)28(25,26)17-9-5-14(6-10-17)19(24)21-12-16-11-18(27-22-16)13-3-7-15(20)8-4-13/h3-11H,12H2,1-2H3,(H,21,24). The number of aromatic nitrogens is 1. The summed E-state index contributed by atoms with van der Waals surface area (Å²) < 4.78 is 43.4. The maximum atomic E-state index is 13.0. The van der Waals surface area contributed by atoms with Gasteiger partial charge in [-0.25, -0.2) is 17.1 Å². The fraction of sp³-hybridized carbons (Fsp3) is 0.158. The molecule has 0 unspecified atom stereocenters. The number of sulfonamides is 1. The van der Waals surface area contributed by atoms with Crippen molar-refractivity contribution < 1.29 is 22.1 Å². The van der Waals surface area contributed by atoms with Gasteiger partial charge in [0, 0.05) is 31.3 Å². The Morgan fingerprint density at radius 2 is 1.75 bits per heavy atom. The summed E-state index contributed by atoms with van der Waals surface area (Å²) in [6.07, 6.45) is 0. The summed E-state index contributed by atoms with van der Waals surface area (Å²) in [7, 11) is -0.668. The number of carbonyl (C=O) groups is 1. The average Bonchev–Trinajstić information content (AvgIpc) is 3.15. The van der Waals surface area contributed by atoms with Crippen LogP contribution in [0.5, 0.6) is 0 Å². The SMILES string of the molecule is CN(C)S(=O)(=O)c1ccc(C(=O)NCc2cc(-c3ccc(F)cc3)on2)cc1. The van der Waals surface area contributed by atoms with Gasteiger partial charge in [-0.05, 0) is 48.5 Å². The first-order valence-corrected chi connectivity index (χ1v) is 9.74. The second-order valence-corrected chi connectivity index (χ2v) is 8.34. The van der Waals surface area contributed by atoms with Gasteiger partial charge in [-0.2, -0.15) is 0 Å². The minimum absolute atomic E-state index is 0.106. The quantitative estimate of drug-likeness (QED) is 0.683.